The first-order chi connectivity index (χ1) is 12.6. The van der Waals surface area contributed by atoms with Crippen LogP contribution in [0.15, 0.2) is 72.8 Å². The molecule has 0 bridgehead atoms. The molecule has 0 fully saturated rings. The van der Waals surface area contributed by atoms with Gasteiger partial charge in [-0.2, -0.15) is 0 Å². The summed E-state index contributed by atoms with van der Waals surface area (Å²) in [7, 11) is 2.11. The minimum atomic E-state index is -0.297. The van der Waals surface area contributed by atoms with Crippen LogP contribution in [0, 0.1) is 17.5 Å². The van der Waals surface area contributed by atoms with E-state index in [9.17, 15) is 13.2 Å². The van der Waals surface area contributed by atoms with Crippen LogP contribution in [0.25, 0.3) is 10.9 Å². The van der Waals surface area contributed by atoms with E-state index in [1.54, 1.807) is 36.4 Å². The zero-order valence-corrected chi connectivity index (χ0v) is 15.2. The fourth-order valence-electron chi connectivity index (χ4n) is 2.82. The number of benzene rings is 3. The third kappa shape index (κ3) is 3.38. The average molecular weight is 383 g/mol. The van der Waals surface area contributed by atoms with E-state index in [4.69, 9.17) is 0 Å². The Morgan fingerprint density at radius 1 is 0.538 bits per heavy atom. The summed E-state index contributed by atoms with van der Waals surface area (Å²) in [6, 6.07) is 19.1. The van der Waals surface area contributed by atoms with Crippen LogP contribution in [-0.4, -0.2) is 5.29 Å². The molecule has 3 aromatic rings. The van der Waals surface area contributed by atoms with E-state index in [0.717, 1.165) is 48.2 Å². The molecule has 0 aromatic heterocycles. The summed E-state index contributed by atoms with van der Waals surface area (Å²) in [5.74, 6) is -0.866. The quantitative estimate of drug-likeness (QED) is 0.427. The van der Waals surface area contributed by atoms with Gasteiger partial charge in [0.05, 0.1) is 0 Å². The van der Waals surface area contributed by atoms with E-state index in [2.05, 4.69) is 0 Å². The molecule has 0 spiro atoms. The third-order valence-corrected chi connectivity index (χ3v) is 7.06. The van der Waals surface area contributed by atoms with Crippen LogP contribution in [0.5, 0.6) is 0 Å². The van der Waals surface area contributed by atoms with Crippen molar-refractivity contribution in [2.24, 2.45) is 0 Å². The van der Waals surface area contributed by atoms with Crippen molar-refractivity contribution >= 4 is 31.5 Å². The molecule has 3 aromatic carbocycles. The van der Waals surface area contributed by atoms with Crippen molar-refractivity contribution in [2.75, 3.05) is 0 Å². The van der Waals surface area contributed by atoms with Crippen molar-refractivity contribution in [1.82, 2.24) is 0 Å². The number of halogens is 3. The van der Waals surface area contributed by atoms with Crippen LogP contribution in [0.2, 0.25) is 0 Å². The first-order valence-corrected chi connectivity index (χ1v) is 10.4. The van der Waals surface area contributed by atoms with Gasteiger partial charge in [0.1, 0.15) is 0 Å². The summed E-state index contributed by atoms with van der Waals surface area (Å²) in [6.07, 6.45) is 0. The van der Waals surface area contributed by atoms with Gasteiger partial charge in [-0.3, -0.25) is 0 Å². The Morgan fingerprint density at radius 3 is 1.46 bits per heavy atom. The maximum atomic E-state index is 13.4. The number of hydrogen-bond acceptors (Lipinski definition) is 0. The van der Waals surface area contributed by atoms with E-state index in [0.29, 0.717) is 0 Å². The maximum absolute atomic E-state index is 13.4. The molecular weight excluding hydrogens is 371 g/mol. The Kier molecular flexibility index (Phi) is 4.76. The van der Waals surface area contributed by atoms with Gasteiger partial charge < -0.3 is 0 Å². The monoisotopic (exact) mass is 383 g/mol. The van der Waals surface area contributed by atoms with Crippen molar-refractivity contribution in [3.63, 3.8) is 0 Å². The predicted molar refractivity (Wildman–Crippen MR) is 104 cm³/mol. The van der Waals surface area contributed by atoms with Gasteiger partial charge in [0.25, 0.3) is 0 Å². The number of rotatable bonds is 3. The van der Waals surface area contributed by atoms with Crippen molar-refractivity contribution in [3.8, 4) is 0 Å². The number of allylic oxidation sites excluding steroid dienone is 1. The normalized spacial score (nSPS) is 14.2. The summed E-state index contributed by atoms with van der Waals surface area (Å²) < 4.78 is 40.0. The van der Waals surface area contributed by atoms with Gasteiger partial charge in [-0.15, -0.1) is 0 Å². The van der Waals surface area contributed by atoms with E-state index >= 15 is 0 Å². The summed E-state index contributed by atoms with van der Waals surface area (Å²) in [4.78, 5) is 0. The fraction of sp³-hybridized carbons (Fsp3) is 0. The molecule has 1 aliphatic heterocycles. The second-order valence-corrected chi connectivity index (χ2v) is 8.29. The molecule has 0 unspecified atom stereocenters. The van der Waals surface area contributed by atoms with Gasteiger partial charge in [0, 0.05) is 0 Å². The molecule has 26 heavy (non-hydrogen) atoms. The SMILES string of the molecule is Fc1ccc(C2=[P+]=PC(c3ccc(F)cc3)=C2c2ccc(F)cc2)cc1. The van der Waals surface area contributed by atoms with Gasteiger partial charge >= 0.3 is 152 Å². The third-order valence-electron chi connectivity index (χ3n) is 4.09. The molecule has 0 nitrogen and oxygen atoms in total. The van der Waals surface area contributed by atoms with E-state index < -0.39 is 0 Å². The van der Waals surface area contributed by atoms with E-state index in [1.165, 1.54) is 36.4 Å². The van der Waals surface area contributed by atoms with Crippen molar-refractivity contribution < 1.29 is 13.2 Å². The standard InChI is InChI=1S/C21H12F3P2/c22-16-7-1-13(2-8-16)19-20(14-3-9-17(23)10-4-14)25-26-21(19)15-5-11-18(24)12-6-15/h1-12H/q+1. The topological polar surface area (TPSA) is 0 Å². The first-order valence-electron chi connectivity index (χ1n) is 7.93. The molecule has 0 N–H and O–H groups in total. The molecular formula is C21H12F3P2+. The summed E-state index contributed by atoms with van der Waals surface area (Å²) >= 11 is 0. The molecule has 0 saturated heterocycles. The molecule has 4 rings (SSSR count). The predicted octanol–water partition coefficient (Wildman–Crippen LogP) is 7.01. The fourth-order valence-corrected chi connectivity index (χ4v) is 6.21. The van der Waals surface area contributed by atoms with Gasteiger partial charge in [-0.1, -0.05) is 0 Å². The van der Waals surface area contributed by atoms with Crippen LogP contribution in [0.1, 0.15) is 16.7 Å². The molecule has 1 heterocycles. The Morgan fingerprint density at radius 2 is 0.962 bits per heavy atom. The number of hydrogen-bond donors (Lipinski definition) is 0. The molecule has 5 heteroatoms. The molecule has 0 aliphatic carbocycles. The Hall–Kier alpha value is -2.21. The molecule has 0 saturated carbocycles. The summed E-state index contributed by atoms with van der Waals surface area (Å²) in [5.41, 5.74) is 3.74. The van der Waals surface area contributed by atoms with Gasteiger partial charge in [0.15, 0.2) is 0 Å². The summed E-state index contributed by atoms with van der Waals surface area (Å²) in [5, 5.41) is 2.11. The minimum absolute atomic E-state index is 0.285. The summed E-state index contributed by atoms with van der Waals surface area (Å²) in [6.45, 7) is 0. The van der Waals surface area contributed by atoms with Crippen LogP contribution < -0.4 is 0 Å². The second kappa shape index (κ2) is 7.19. The van der Waals surface area contributed by atoms with Crippen molar-refractivity contribution in [1.29, 1.82) is 0 Å². The van der Waals surface area contributed by atoms with Crippen LogP contribution >= 0.6 is 15.4 Å². The molecule has 126 valence electrons. The van der Waals surface area contributed by atoms with Crippen LogP contribution in [0.4, 0.5) is 13.2 Å². The van der Waals surface area contributed by atoms with Crippen molar-refractivity contribution in [2.45, 2.75) is 0 Å². The van der Waals surface area contributed by atoms with Crippen molar-refractivity contribution in [3.05, 3.63) is 107 Å². The Bertz CT molecular complexity index is 1060. The van der Waals surface area contributed by atoms with Gasteiger partial charge in [0.2, 0.25) is 0 Å². The average Bonchev–Trinajstić information content (AvgIpc) is 3.08. The van der Waals surface area contributed by atoms with Crippen LogP contribution in [0.3, 0.4) is 0 Å². The first kappa shape index (κ1) is 17.2. The van der Waals surface area contributed by atoms with E-state index in [-0.39, 0.29) is 17.5 Å². The van der Waals surface area contributed by atoms with E-state index in [1.807, 2.05) is 0 Å². The molecule has 1 aliphatic rings. The molecule has 0 atom stereocenters. The second-order valence-electron chi connectivity index (χ2n) is 5.79. The zero-order chi connectivity index (χ0) is 18.1. The van der Waals surface area contributed by atoms with Gasteiger partial charge in [-0.25, -0.2) is 0 Å². The molecule has 0 radical (unpaired) electrons. The van der Waals surface area contributed by atoms with Crippen LogP contribution in [-0.2, 0) is 0 Å². The Labute approximate surface area is 152 Å². The Balaban J connectivity index is 1.89. The zero-order valence-electron chi connectivity index (χ0n) is 13.5. The molecule has 0 amide bonds. The van der Waals surface area contributed by atoms with Gasteiger partial charge in [-0.05, 0) is 0 Å².